The second-order valence-corrected chi connectivity index (χ2v) is 7.22. The Morgan fingerprint density at radius 3 is 2.57 bits per heavy atom. The predicted molar refractivity (Wildman–Crippen MR) is 77.5 cm³/mol. The maximum Gasteiger partial charge on any atom is 0.438 e. The van der Waals surface area contributed by atoms with Crippen molar-refractivity contribution in [2.75, 3.05) is 19.7 Å². The second kappa shape index (κ2) is 7.58. The maximum absolute atomic E-state index is 12.5. The molecule has 1 amide bonds. The van der Waals surface area contributed by atoms with Crippen LogP contribution in [-0.2, 0) is 18.5 Å². The summed E-state index contributed by atoms with van der Waals surface area (Å²) in [7, 11) is -3.61. The van der Waals surface area contributed by atoms with Gasteiger partial charge in [-0.25, -0.2) is 9.36 Å². The van der Waals surface area contributed by atoms with Crippen molar-refractivity contribution in [2.24, 2.45) is 5.92 Å². The Labute approximate surface area is 125 Å². The zero-order chi connectivity index (χ0) is 15.3. The molecule has 1 saturated heterocycles. The Hall–Kier alpha value is -0.620. The summed E-state index contributed by atoms with van der Waals surface area (Å²) in [5, 5.41) is 2.23. The standard InChI is InChI=1S/C13H25N2O5P/c1-3-18-21(17,20-11(2)12-7-8-12)14-19-13(16)15-9-5-4-6-10-15/h11-12H,3-10H2,1-2H3,(H,14,17). The summed E-state index contributed by atoms with van der Waals surface area (Å²) >= 11 is 0. The number of carbonyl (C=O) groups excluding carboxylic acids is 1. The molecule has 2 fully saturated rings. The number of nitrogens with zero attached hydrogens (tertiary/aromatic N) is 1. The van der Waals surface area contributed by atoms with Gasteiger partial charge in [-0.1, -0.05) is 0 Å². The average molecular weight is 320 g/mol. The summed E-state index contributed by atoms with van der Waals surface area (Å²) in [6.45, 7) is 5.11. The highest BCUT2D eigenvalue weighted by molar-refractivity contribution is 7.51. The number of nitrogens with one attached hydrogen (secondary N) is 1. The van der Waals surface area contributed by atoms with E-state index in [0.717, 1.165) is 32.1 Å². The molecule has 1 aliphatic heterocycles. The number of hydrogen-bond donors (Lipinski definition) is 1. The third-order valence-electron chi connectivity index (χ3n) is 3.75. The van der Waals surface area contributed by atoms with Gasteiger partial charge in [0.2, 0.25) is 0 Å². The van der Waals surface area contributed by atoms with Crippen molar-refractivity contribution >= 4 is 13.8 Å². The summed E-state index contributed by atoms with van der Waals surface area (Å²) < 4.78 is 23.1. The normalized spacial score (nSPS) is 23.4. The molecule has 0 radical (unpaired) electrons. The van der Waals surface area contributed by atoms with Crippen LogP contribution in [0.3, 0.4) is 0 Å². The molecule has 0 spiro atoms. The molecule has 2 unspecified atom stereocenters. The number of piperidine rings is 1. The third-order valence-corrected chi connectivity index (χ3v) is 5.27. The van der Waals surface area contributed by atoms with Gasteiger partial charge in [0, 0.05) is 13.1 Å². The second-order valence-electron chi connectivity index (χ2n) is 5.57. The summed E-state index contributed by atoms with van der Waals surface area (Å²) in [4.78, 5) is 18.4. The summed E-state index contributed by atoms with van der Waals surface area (Å²) in [6, 6.07) is 0. The number of rotatable bonds is 7. The number of carbonyl (C=O) groups is 1. The SMILES string of the molecule is CCOP(=O)(NOC(=O)N1CCCCC1)OC(C)C1CC1. The smallest absolute Gasteiger partial charge is 0.343 e. The Kier molecular flexibility index (Phi) is 6.05. The lowest BCUT2D eigenvalue weighted by Crippen LogP contribution is -2.38. The van der Waals surface area contributed by atoms with E-state index in [1.807, 2.05) is 6.92 Å². The molecule has 0 aromatic rings. The molecule has 21 heavy (non-hydrogen) atoms. The van der Waals surface area contributed by atoms with E-state index >= 15 is 0 Å². The summed E-state index contributed by atoms with van der Waals surface area (Å²) in [5.74, 6) is 0.415. The van der Waals surface area contributed by atoms with Crippen molar-refractivity contribution in [1.82, 2.24) is 10.2 Å². The summed E-state index contributed by atoms with van der Waals surface area (Å²) in [6.07, 6.45) is 4.49. The minimum absolute atomic E-state index is 0.177. The Morgan fingerprint density at radius 2 is 2.00 bits per heavy atom. The first-order valence-electron chi connectivity index (χ1n) is 7.70. The van der Waals surface area contributed by atoms with Gasteiger partial charge in [-0.15, -0.1) is 0 Å². The molecule has 8 heteroatoms. The molecule has 1 heterocycles. The number of likely N-dealkylation sites (tertiary alicyclic amines) is 1. The van der Waals surface area contributed by atoms with Gasteiger partial charge in [0.15, 0.2) is 0 Å². The van der Waals surface area contributed by atoms with Gasteiger partial charge in [-0.3, -0.25) is 9.05 Å². The van der Waals surface area contributed by atoms with Gasteiger partial charge in [-0.2, -0.15) is 0 Å². The molecule has 1 saturated carbocycles. The van der Waals surface area contributed by atoms with Crippen LogP contribution >= 0.6 is 7.75 Å². The molecule has 0 bridgehead atoms. The van der Waals surface area contributed by atoms with E-state index < -0.39 is 13.8 Å². The fraction of sp³-hybridized carbons (Fsp3) is 0.923. The minimum Gasteiger partial charge on any atom is -0.343 e. The Bertz CT molecular complexity index is 396. The topological polar surface area (TPSA) is 77.1 Å². The molecule has 1 N–H and O–H groups in total. The fourth-order valence-corrected chi connectivity index (χ4v) is 3.65. The van der Waals surface area contributed by atoms with Gasteiger partial charge in [0.05, 0.1) is 12.7 Å². The van der Waals surface area contributed by atoms with Crippen LogP contribution in [0.25, 0.3) is 0 Å². The van der Waals surface area contributed by atoms with E-state index in [4.69, 9.17) is 13.9 Å². The van der Waals surface area contributed by atoms with E-state index in [1.165, 1.54) is 0 Å². The zero-order valence-corrected chi connectivity index (χ0v) is 13.6. The molecule has 7 nitrogen and oxygen atoms in total. The molecule has 0 aromatic heterocycles. The highest BCUT2D eigenvalue weighted by Crippen LogP contribution is 2.49. The lowest BCUT2D eigenvalue weighted by Gasteiger charge is -2.27. The van der Waals surface area contributed by atoms with Gasteiger partial charge >= 0.3 is 13.8 Å². The molecule has 122 valence electrons. The number of hydrogen-bond acceptors (Lipinski definition) is 5. The molecule has 0 aromatic carbocycles. The van der Waals surface area contributed by atoms with Gasteiger partial charge in [0.1, 0.15) is 0 Å². The summed E-state index contributed by atoms with van der Waals surface area (Å²) in [5.41, 5.74) is 0. The zero-order valence-electron chi connectivity index (χ0n) is 12.7. The molecular weight excluding hydrogens is 295 g/mol. The minimum atomic E-state index is -3.61. The maximum atomic E-state index is 12.5. The first-order valence-corrected chi connectivity index (χ1v) is 9.24. The van der Waals surface area contributed by atoms with E-state index in [2.05, 4.69) is 5.25 Å². The van der Waals surface area contributed by atoms with Crippen LogP contribution in [-0.4, -0.2) is 36.8 Å². The van der Waals surface area contributed by atoms with Crippen molar-refractivity contribution in [3.05, 3.63) is 0 Å². The van der Waals surface area contributed by atoms with Crippen LogP contribution < -0.4 is 5.25 Å². The van der Waals surface area contributed by atoms with Crippen LogP contribution in [0.1, 0.15) is 46.0 Å². The van der Waals surface area contributed by atoms with Gasteiger partial charge in [0.25, 0.3) is 0 Å². The largest absolute Gasteiger partial charge is 0.438 e. The van der Waals surface area contributed by atoms with E-state index in [1.54, 1.807) is 11.8 Å². The first kappa shape index (κ1) is 16.7. The van der Waals surface area contributed by atoms with Crippen LogP contribution in [0.2, 0.25) is 0 Å². The Morgan fingerprint density at radius 1 is 1.33 bits per heavy atom. The predicted octanol–water partition coefficient (Wildman–Crippen LogP) is 3.07. The van der Waals surface area contributed by atoms with Crippen LogP contribution in [0.15, 0.2) is 0 Å². The van der Waals surface area contributed by atoms with Crippen LogP contribution in [0, 0.1) is 5.92 Å². The monoisotopic (exact) mass is 320 g/mol. The van der Waals surface area contributed by atoms with Gasteiger partial charge < -0.3 is 9.74 Å². The van der Waals surface area contributed by atoms with Crippen molar-refractivity contribution in [3.8, 4) is 0 Å². The van der Waals surface area contributed by atoms with E-state index in [-0.39, 0.29) is 12.7 Å². The highest BCUT2D eigenvalue weighted by atomic mass is 31.2. The van der Waals surface area contributed by atoms with E-state index in [0.29, 0.717) is 19.0 Å². The molecule has 2 atom stereocenters. The fourth-order valence-electron chi connectivity index (χ4n) is 2.35. The lowest BCUT2D eigenvalue weighted by atomic mass is 10.1. The van der Waals surface area contributed by atoms with Crippen LogP contribution in [0.5, 0.6) is 0 Å². The average Bonchev–Trinajstić information content (AvgIpc) is 3.30. The quantitative estimate of drug-likeness (QED) is 0.574. The van der Waals surface area contributed by atoms with Crippen molar-refractivity contribution < 1.29 is 23.2 Å². The lowest BCUT2D eigenvalue weighted by molar-refractivity contribution is 0.0501. The molecule has 2 aliphatic rings. The molecular formula is C13H25N2O5P. The van der Waals surface area contributed by atoms with Crippen molar-refractivity contribution in [2.45, 2.75) is 52.1 Å². The first-order chi connectivity index (χ1) is 10.0. The van der Waals surface area contributed by atoms with Crippen molar-refractivity contribution in [3.63, 3.8) is 0 Å². The highest BCUT2D eigenvalue weighted by Gasteiger charge is 2.37. The molecule has 2 rings (SSSR count). The third kappa shape index (κ3) is 5.25. The van der Waals surface area contributed by atoms with Crippen LogP contribution in [0.4, 0.5) is 4.79 Å². The Balaban J connectivity index is 1.82. The molecule has 1 aliphatic carbocycles. The number of amides is 1. The van der Waals surface area contributed by atoms with Gasteiger partial charge in [-0.05, 0) is 57.1 Å². The van der Waals surface area contributed by atoms with E-state index in [9.17, 15) is 9.36 Å². The van der Waals surface area contributed by atoms with Crippen molar-refractivity contribution in [1.29, 1.82) is 0 Å².